The maximum Gasteiger partial charge on any atom is 0.354 e. The topological polar surface area (TPSA) is 74.3 Å². The molecule has 1 fully saturated rings. The Balaban J connectivity index is 1.91. The van der Waals surface area contributed by atoms with Crippen molar-refractivity contribution in [1.82, 2.24) is 10.3 Å². The van der Waals surface area contributed by atoms with Crippen molar-refractivity contribution in [2.45, 2.75) is 31.3 Å². The molecule has 17 heavy (non-hydrogen) atoms. The molecule has 1 aromatic heterocycles. The van der Waals surface area contributed by atoms with E-state index in [1.54, 1.807) is 6.07 Å². The minimum atomic E-state index is -0.364. The van der Waals surface area contributed by atoms with Gasteiger partial charge in [-0.2, -0.15) is 0 Å². The molecule has 0 amide bonds. The maximum absolute atomic E-state index is 11.2. The van der Waals surface area contributed by atoms with Crippen LogP contribution in [0.2, 0.25) is 0 Å². The summed E-state index contributed by atoms with van der Waals surface area (Å²) in [7, 11) is 1.36. The summed E-state index contributed by atoms with van der Waals surface area (Å²) in [6.45, 7) is 0.787. The van der Waals surface area contributed by atoms with Gasteiger partial charge in [-0.3, -0.25) is 0 Å². The van der Waals surface area contributed by atoms with Gasteiger partial charge in [0.2, 0.25) is 0 Å². The highest BCUT2D eigenvalue weighted by Gasteiger charge is 2.35. The SMILES string of the molecule is COC(=O)c1ccc(CNC2(CO)CCC2)[nH]1. The molecule has 0 unspecified atom stereocenters. The minimum absolute atomic E-state index is 0.115. The number of aromatic amines is 1. The average Bonchev–Trinajstić information content (AvgIpc) is 2.76. The van der Waals surface area contributed by atoms with E-state index < -0.39 is 0 Å². The van der Waals surface area contributed by atoms with Crippen molar-refractivity contribution in [2.24, 2.45) is 0 Å². The number of hydrogen-bond donors (Lipinski definition) is 3. The second-order valence-electron chi connectivity index (χ2n) is 4.53. The van der Waals surface area contributed by atoms with Gasteiger partial charge in [0.25, 0.3) is 0 Å². The number of nitrogens with one attached hydrogen (secondary N) is 2. The van der Waals surface area contributed by atoms with Gasteiger partial charge >= 0.3 is 5.97 Å². The lowest BCUT2D eigenvalue weighted by atomic mass is 9.77. The van der Waals surface area contributed by atoms with Crippen molar-refractivity contribution < 1.29 is 14.6 Å². The molecule has 0 radical (unpaired) electrons. The van der Waals surface area contributed by atoms with Gasteiger partial charge in [-0.25, -0.2) is 4.79 Å². The largest absolute Gasteiger partial charge is 0.464 e. The molecule has 0 atom stereocenters. The third-order valence-electron chi connectivity index (χ3n) is 3.42. The average molecular weight is 238 g/mol. The highest BCUT2D eigenvalue weighted by atomic mass is 16.5. The molecular formula is C12H18N2O3. The summed E-state index contributed by atoms with van der Waals surface area (Å²) in [5, 5.41) is 12.6. The van der Waals surface area contributed by atoms with E-state index in [0.29, 0.717) is 12.2 Å². The van der Waals surface area contributed by atoms with Crippen LogP contribution in [0.5, 0.6) is 0 Å². The Labute approximate surface area is 100 Å². The quantitative estimate of drug-likeness (QED) is 0.663. The third kappa shape index (κ3) is 2.50. The van der Waals surface area contributed by atoms with Gasteiger partial charge in [-0.05, 0) is 31.4 Å². The van der Waals surface area contributed by atoms with E-state index in [2.05, 4.69) is 15.0 Å². The molecule has 94 valence electrons. The van der Waals surface area contributed by atoms with Crippen LogP contribution >= 0.6 is 0 Å². The molecule has 0 spiro atoms. The van der Waals surface area contributed by atoms with Crippen LogP contribution in [0.3, 0.4) is 0 Å². The highest BCUT2D eigenvalue weighted by Crippen LogP contribution is 2.31. The summed E-state index contributed by atoms with van der Waals surface area (Å²) in [6, 6.07) is 3.55. The van der Waals surface area contributed by atoms with E-state index in [1.807, 2.05) is 6.07 Å². The van der Waals surface area contributed by atoms with Crippen LogP contribution in [0.4, 0.5) is 0 Å². The second-order valence-corrected chi connectivity index (χ2v) is 4.53. The predicted octanol–water partition coefficient (Wildman–Crippen LogP) is 0.806. The number of carbonyl (C=O) groups is 1. The number of hydrogen-bond acceptors (Lipinski definition) is 4. The van der Waals surface area contributed by atoms with Crippen molar-refractivity contribution in [3.05, 3.63) is 23.5 Å². The fraction of sp³-hybridized carbons (Fsp3) is 0.583. The van der Waals surface area contributed by atoms with Gasteiger partial charge in [-0.1, -0.05) is 0 Å². The zero-order valence-electron chi connectivity index (χ0n) is 9.95. The number of methoxy groups -OCH3 is 1. The number of aromatic nitrogens is 1. The monoisotopic (exact) mass is 238 g/mol. The van der Waals surface area contributed by atoms with E-state index in [4.69, 9.17) is 0 Å². The van der Waals surface area contributed by atoms with Crippen LogP contribution in [0.25, 0.3) is 0 Å². The molecule has 0 saturated heterocycles. The molecule has 0 bridgehead atoms. The number of aliphatic hydroxyl groups excluding tert-OH is 1. The maximum atomic E-state index is 11.2. The Kier molecular flexibility index (Phi) is 3.49. The van der Waals surface area contributed by atoms with E-state index in [1.165, 1.54) is 7.11 Å². The second kappa shape index (κ2) is 4.89. The van der Waals surface area contributed by atoms with Gasteiger partial charge < -0.3 is 20.1 Å². The van der Waals surface area contributed by atoms with Crippen LogP contribution < -0.4 is 5.32 Å². The summed E-state index contributed by atoms with van der Waals surface area (Å²) in [5.74, 6) is -0.364. The highest BCUT2D eigenvalue weighted by molar-refractivity contribution is 5.87. The van der Waals surface area contributed by atoms with Crippen molar-refractivity contribution in [3.63, 3.8) is 0 Å². The summed E-state index contributed by atoms with van der Waals surface area (Å²) >= 11 is 0. The van der Waals surface area contributed by atoms with Gasteiger partial charge in [-0.15, -0.1) is 0 Å². The zero-order chi connectivity index (χ0) is 12.3. The van der Waals surface area contributed by atoms with Crippen LogP contribution in [-0.2, 0) is 11.3 Å². The number of esters is 1. The molecular weight excluding hydrogens is 220 g/mol. The van der Waals surface area contributed by atoms with Gasteiger partial charge in [0.1, 0.15) is 5.69 Å². The number of H-pyrrole nitrogens is 1. The summed E-state index contributed by atoms with van der Waals surface area (Å²) in [4.78, 5) is 14.2. The molecule has 2 rings (SSSR count). The smallest absolute Gasteiger partial charge is 0.354 e. The number of ether oxygens (including phenoxy) is 1. The van der Waals surface area contributed by atoms with Crippen molar-refractivity contribution in [2.75, 3.05) is 13.7 Å². The number of rotatable bonds is 5. The van der Waals surface area contributed by atoms with E-state index in [0.717, 1.165) is 25.0 Å². The van der Waals surface area contributed by atoms with Crippen LogP contribution in [0, 0.1) is 0 Å². The Bertz CT molecular complexity index is 391. The molecule has 5 nitrogen and oxygen atoms in total. The molecule has 1 heterocycles. The lowest BCUT2D eigenvalue weighted by molar-refractivity contribution is 0.0594. The summed E-state index contributed by atoms with van der Waals surface area (Å²) < 4.78 is 4.62. The Morgan fingerprint density at radius 1 is 1.59 bits per heavy atom. The first-order chi connectivity index (χ1) is 8.19. The zero-order valence-corrected chi connectivity index (χ0v) is 9.95. The number of carbonyl (C=O) groups excluding carboxylic acids is 1. The predicted molar refractivity (Wildman–Crippen MR) is 62.6 cm³/mol. The summed E-state index contributed by atoms with van der Waals surface area (Å²) in [5.41, 5.74) is 1.26. The lowest BCUT2D eigenvalue weighted by Gasteiger charge is -2.41. The van der Waals surface area contributed by atoms with E-state index in [-0.39, 0.29) is 18.1 Å². The first kappa shape index (κ1) is 12.1. The van der Waals surface area contributed by atoms with Crippen LogP contribution in [0.15, 0.2) is 12.1 Å². The fourth-order valence-corrected chi connectivity index (χ4v) is 2.05. The molecule has 0 aliphatic heterocycles. The Morgan fingerprint density at radius 3 is 2.88 bits per heavy atom. The van der Waals surface area contributed by atoms with E-state index >= 15 is 0 Å². The van der Waals surface area contributed by atoms with Gasteiger partial charge in [0, 0.05) is 17.8 Å². The van der Waals surface area contributed by atoms with Crippen LogP contribution in [-0.4, -0.2) is 35.3 Å². The van der Waals surface area contributed by atoms with Gasteiger partial charge in [0.15, 0.2) is 0 Å². The van der Waals surface area contributed by atoms with E-state index in [9.17, 15) is 9.90 Å². The molecule has 0 aromatic carbocycles. The van der Waals surface area contributed by atoms with Crippen molar-refractivity contribution in [3.8, 4) is 0 Å². The van der Waals surface area contributed by atoms with Crippen LogP contribution in [0.1, 0.15) is 35.4 Å². The Morgan fingerprint density at radius 2 is 2.35 bits per heavy atom. The minimum Gasteiger partial charge on any atom is -0.464 e. The fourth-order valence-electron chi connectivity index (χ4n) is 2.05. The first-order valence-electron chi connectivity index (χ1n) is 5.81. The van der Waals surface area contributed by atoms with Crippen molar-refractivity contribution in [1.29, 1.82) is 0 Å². The third-order valence-corrected chi connectivity index (χ3v) is 3.42. The molecule has 1 aliphatic rings. The molecule has 1 aliphatic carbocycles. The molecule has 3 N–H and O–H groups in total. The number of aliphatic hydroxyl groups is 1. The Hall–Kier alpha value is -1.33. The standard InChI is InChI=1S/C12H18N2O3/c1-17-11(16)10-4-3-9(14-10)7-13-12(8-15)5-2-6-12/h3-4,13-15H,2,5-8H2,1H3. The summed E-state index contributed by atoms with van der Waals surface area (Å²) in [6.07, 6.45) is 3.17. The van der Waals surface area contributed by atoms with Crippen molar-refractivity contribution >= 4 is 5.97 Å². The molecule has 1 aromatic rings. The molecule has 5 heteroatoms. The lowest BCUT2D eigenvalue weighted by Crippen LogP contribution is -2.53. The first-order valence-corrected chi connectivity index (χ1v) is 5.81. The molecule has 1 saturated carbocycles. The van der Waals surface area contributed by atoms with Gasteiger partial charge in [0.05, 0.1) is 13.7 Å². The normalized spacial score (nSPS) is 17.5.